The molecule has 1 amide bonds. The average molecular weight is 235 g/mol. The maximum atomic E-state index is 12.4. The highest BCUT2D eigenvalue weighted by Crippen LogP contribution is 2.21. The van der Waals surface area contributed by atoms with Crippen LogP contribution in [0.5, 0.6) is 0 Å². The zero-order valence-corrected chi connectivity index (χ0v) is 10.6. The van der Waals surface area contributed by atoms with Gasteiger partial charge in [0.2, 0.25) is 0 Å². The summed E-state index contributed by atoms with van der Waals surface area (Å²) in [6.07, 6.45) is 5.17. The van der Waals surface area contributed by atoms with E-state index in [1.54, 1.807) is 0 Å². The molecule has 1 aromatic heterocycles. The molecule has 2 atom stereocenters. The van der Waals surface area contributed by atoms with E-state index >= 15 is 0 Å². The fourth-order valence-electron chi connectivity index (χ4n) is 2.59. The smallest absolute Gasteiger partial charge is 0.270 e. The van der Waals surface area contributed by atoms with Crippen LogP contribution in [-0.4, -0.2) is 34.0 Å². The Morgan fingerprint density at radius 2 is 2.29 bits per heavy atom. The van der Waals surface area contributed by atoms with E-state index in [2.05, 4.69) is 0 Å². The number of carbonyl (C=O) groups excluding carboxylic acids is 1. The average Bonchev–Trinajstić information content (AvgIpc) is 2.74. The summed E-state index contributed by atoms with van der Waals surface area (Å²) >= 11 is 0. The minimum atomic E-state index is 0.0412. The summed E-state index contributed by atoms with van der Waals surface area (Å²) in [6, 6.07) is 4.00. The van der Waals surface area contributed by atoms with Crippen molar-refractivity contribution < 1.29 is 4.79 Å². The Morgan fingerprint density at radius 3 is 2.88 bits per heavy atom. The van der Waals surface area contributed by atoms with Crippen molar-refractivity contribution in [3.05, 3.63) is 24.0 Å². The number of carbonyl (C=O) groups is 1. The summed E-state index contributed by atoms with van der Waals surface area (Å²) < 4.78 is 1.87. The molecule has 94 valence electrons. The SMILES string of the molecule is C[C@H](N)[C@@H]1CCCCN1C(=O)c1cccn1C. The van der Waals surface area contributed by atoms with Crippen LogP contribution in [0.15, 0.2) is 18.3 Å². The number of likely N-dealkylation sites (tertiary alicyclic amines) is 1. The van der Waals surface area contributed by atoms with Crippen LogP contribution < -0.4 is 5.73 Å². The molecule has 0 radical (unpaired) electrons. The number of hydrogen-bond donors (Lipinski definition) is 1. The topological polar surface area (TPSA) is 51.3 Å². The minimum absolute atomic E-state index is 0.0412. The first-order valence-electron chi connectivity index (χ1n) is 6.29. The van der Waals surface area contributed by atoms with Crippen molar-refractivity contribution in [2.45, 2.75) is 38.3 Å². The van der Waals surface area contributed by atoms with E-state index < -0.39 is 0 Å². The first kappa shape index (κ1) is 12.2. The second-order valence-corrected chi connectivity index (χ2v) is 4.93. The van der Waals surface area contributed by atoms with Crippen LogP contribution >= 0.6 is 0 Å². The highest BCUT2D eigenvalue weighted by Gasteiger charge is 2.30. The van der Waals surface area contributed by atoms with Crippen molar-refractivity contribution in [2.24, 2.45) is 12.8 Å². The number of aryl methyl sites for hydroxylation is 1. The van der Waals surface area contributed by atoms with E-state index in [0.717, 1.165) is 25.1 Å². The molecule has 0 unspecified atom stereocenters. The molecule has 1 aromatic rings. The van der Waals surface area contributed by atoms with Crippen LogP contribution in [0.1, 0.15) is 36.7 Å². The monoisotopic (exact) mass is 235 g/mol. The van der Waals surface area contributed by atoms with Gasteiger partial charge in [-0.05, 0) is 38.3 Å². The normalized spacial score (nSPS) is 22.5. The Balaban J connectivity index is 2.20. The maximum Gasteiger partial charge on any atom is 0.270 e. The van der Waals surface area contributed by atoms with Crippen molar-refractivity contribution in [1.29, 1.82) is 0 Å². The number of hydrogen-bond acceptors (Lipinski definition) is 2. The van der Waals surface area contributed by atoms with Crippen molar-refractivity contribution in [3.8, 4) is 0 Å². The van der Waals surface area contributed by atoms with Gasteiger partial charge in [0.05, 0.1) is 0 Å². The highest BCUT2D eigenvalue weighted by molar-refractivity contribution is 5.93. The molecule has 17 heavy (non-hydrogen) atoms. The summed E-state index contributed by atoms with van der Waals surface area (Å²) in [6.45, 7) is 2.82. The van der Waals surface area contributed by atoms with Crippen LogP contribution in [0.3, 0.4) is 0 Å². The summed E-state index contributed by atoms with van der Waals surface area (Å²) in [5.41, 5.74) is 6.73. The van der Waals surface area contributed by atoms with Crippen LogP contribution in [0.25, 0.3) is 0 Å². The summed E-state index contributed by atoms with van der Waals surface area (Å²) in [5, 5.41) is 0. The number of piperidine rings is 1. The molecule has 1 aliphatic rings. The largest absolute Gasteiger partial charge is 0.347 e. The van der Waals surface area contributed by atoms with Crippen LogP contribution in [0.4, 0.5) is 0 Å². The van der Waals surface area contributed by atoms with Crippen LogP contribution in [-0.2, 0) is 7.05 Å². The van der Waals surface area contributed by atoms with E-state index in [-0.39, 0.29) is 18.0 Å². The third-order valence-electron chi connectivity index (χ3n) is 3.58. The Morgan fingerprint density at radius 1 is 1.53 bits per heavy atom. The van der Waals surface area contributed by atoms with Gasteiger partial charge in [0.1, 0.15) is 5.69 Å². The highest BCUT2D eigenvalue weighted by atomic mass is 16.2. The zero-order chi connectivity index (χ0) is 12.4. The van der Waals surface area contributed by atoms with Gasteiger partial charge in [0.15, 0.2) is 0 Å². The van der Waals surface area contributed by atoms with E-state index in [9.17, 15) is 4.79 Å². The Hall–Kier alpha value is -1.29. The molecule has 0 aliphatic carbocycles. The summed E-state index contributed by atoms with van der Waals surface area (Å²) in [7, 11) is 1.90. The molecule has 2 rings (SSSR count). The molecule has 0 spiro atoms. The van der Waals surface area contributed by atoms with Gasteiger partial charge in [-0.15, -0.1) is 0 Å². The van der Waals surface area contributed by atoms with Crippen LogP contribution in [0.2, 0.25) is 0 Å². The lowest BCUT2D eigenvalue weighted by Crippen LogP contribution is -2.52. The second kappa shape index (κ2) is 4.92. The van der Waals surface area contributed by atoms with E-state index in [1.807, 2.05) is 41.8 Å². The minimum Gasteiger partial charge on any atom is -0.347 e. The lowest BCUT2D eigenvalue weighted by Gasteiger charge is -2.38. The molecular formula is C13H21N3O. The first-order chi connectivity index (χ1) is 8.11. The zero-order valence-electron chi connectivity index (χ0n) is 10.6. The van der Waals surface area contributed by atoms with Gasteiger partial charge in [0.25, 0.3) is 5.91 Å². The fourth-order valence-corrected chi connectivity index (χ4v) is 2.59. The lowest BCUT2D eigenvalue weighted by molar-refractivity contribution is 0.0574. The number of aromatic nitrogens is 1. The third-order valence-corrected chi connectivity index (χ3v) is 3.58. The molecule has 4 heteroatoms. The molecule has 0 bridgehead atoms. The van der Waals surface area contributed by atoms with Gasteiger partial charge in [-0.1, -0.05) is 0 Å². The molecule has 1 saturated heterocycles. The molecule has 1 fully saturated rings. The molecule has 2 heterocycles. The van der Waals surface area contributed by atoms with E-state index in [4.69, 9.17) is 5.73 Å². The van der Waals surface area contributed by atoms with Gasteiger partial charge in [0, 0.05) is 31.9 Å². The molecular weight excluding hydrogens is 214 g/mol. The van der Waals surface area contributed by atoms with Gasteiger partial charge < -0.3 is 15.2 Å². The number of nitrogens with two attached hydrogens (primary N) is 1. The number of nitrogens with zero attached hydrogens (tertiary/aromatic N) is 2. The van der Waals surface area contributed by atoms with E-state index in [0.29, 0.717) is 0 Å². The van der Waals surface area contributed by atoms with Crippen molar-refractivity contribution in [2.75, 3.05) is 6.54 Å². The van der Waals surface area contributed by atoms with Gasteiger partial charge >= 0.3 is 0 Å². The third kappa shape index (κ3) is 2.36. The Bertz CT molecular complexity index is 397. The van der Waals surface area contributed by atoms with Gasteiger partial charge in [-0.25, -0.2) is 0 Å². The van der Waals surface area contributed by atoms with E-state index in [1.165, 1.54) is 6.42 Å². The quantitative estimate of drug-likeness (QED) is 0.841. The Kier molecular flexibility index (Phi) is 3.52. The Labute approximate surface area is 102 Å². The molecule has 1 aliphatic heterocycles. The van der Waals surface area contributed by atoms with Crippen LogP contribution in [0, 0.1) is 0 Å². The maximum absolute atomic E-state index is 12.4. The van der Waals surface area contributed by atoms with Gasteiger partial charge in [-0.3, -0.25) is 4.79 Å². The number of rotatable bonds is 2. The number of amides is 1. The fraction of sp³-hybridized carbons (Fsp3) is 0.615. The molecule has 0 aromatic carbocycles. The standard InChI is InChI=1S/C13H21N3O/c1-10(14)11-6-3-4-9-16(11)13(17)12-7-5-8-15(12)2/h5,7-8,10-11H,3-4,6,9,14H2,1-2H3/t10-,11-/m0/s1. The molecule has 4 nitrogen and oxygen atoms in total. The predicted octanol–water partition coefficient (Wildman–Crippen LogP) is 1.37. The van der Waals surface area contributed by atoms with Gasteiger partial charge in [-0.2, -0.15) is 0 Å². The molecule has 0 saturated carbocycles. The first-order valence-corrected chi connectivity index (χ1v) is 6.29. The van der Waals surface area contributed by atoms with Crippen molar-refractivity contribution in [3.63, 3.8) is 0 Å². The predicted molar refractivity (Wildman–Crippen MR) is 67.7 cm³/mol. The lowest BCUT2D eigenvalue weighted by atomic mass is 9.96. The summed E-state index contributed by atoms with van der Waals surface area (Å²) in [5.74, 6) is 0.111. The molecule has 2 N–H and O–H groups in total. The van der Waals surface area contributed by atoms with Crippen molar-refractivity contribution >= 4 is 5.91 Å². The van der Waals surface area contributed by atoms with Crippen molar-refractivity contribution in [1.82, 2.24) is 9.47 Å². The second-order valence-electron chi connectivity index (χ2n) is 4.93. The summed E-state index contributed by atoms with van der Waals surface area (Å²) in [4.78, 5) is 14.4.